The number of methoxy groups -OCH3 is 1. The second-order valence-electron chi connectivity index (χ2n) is 7.16. The first-order valence-electron chi connectivity index (χ1n) is 10.2. The molecule has 6 heteroatoms. The number of hydrogen-bond donors (Lipinski definition) is 0. The van der Waals surface area contributed by atoms with Crippen molar-refractivity contribution in [2.75, 3.05) is 7.11 Å². The molecule has 0 atom stereocenters. The van der Waals surface area contributed by atoms with Crippen LogP contribution in [0.1, 0.15) is 27.2 Å². The van der Waals surface area contributed by atoms with Crippen molar-refractivity contribution >= 4 is 17.3 Å². The van der Waals surface area contributed by atoms with Crippen LogP contribution in [0.15, 0.2) is 78.2 Å². The summed E-state index contributed by atoms with van der Waals surface area (Å²) in [6.07, 6.45) is 0. The molecule has 0 saturated carbocycles. The first kappa shape index (κ1) is 21.6. The van der Waals surface area contributed by atoms with Crippen molar-refractivity contribution in [1.29, 1.82) is 0 Å². The average Bonchev–Trinajstić information content (AvgIpc) is 3.31. The van der Waals surface area contributed by atoms with Crippen molar-refractivity contribution in [3.8, 4) is 22.1 Å². The molecular formula is C26H23NO4S. The third-order valence-electron chi connectivity index (χ3n) is 4.91. The van der Waals surface area contributed by atoms with Crippen LogP contribution in [0, 0.1) is 6.92 Å². The lowest BCUT2D eigenvalue weighted by Gasteiger charge is -2.13. The van der Waals surface area contributed by atoms with Crippen LogP contribution in [-0.2, 0) is 18.0 Å². The monoisotopic (exact) mass is 445 g/mol. The van der Waals surface area contributed by atoms with Crippen LogP contribution in [0.4, 0.5) is 0 Å². The Kier molecular flexibility index (Phi) is 6.82. The van der Waals surface area contributed by atoms with E-state index < -0.39 is 0 Å². The van der Waals surface area contributed by atoms with Crippen LogP contribution in [0.5, 0.6) is 11.5 Å². The number of aromatic nitrogens is 1. The number of nitrogens with zero attached hydrogens (tertiary/aromatic N) is 1. The lowest BCUT2D eigenvalue weighted by molar-refractivity contribution is 0.0597. The quantitative estimate of drug-likeness (QED) is 0.308. The van der Waals surface area contributed by atoms with Gasteiger partial charge in [-0.15, -0.1) is 11.3 Å². The molecule has 0 amide bonds. The molecule has 0 radical (unpaired) electrons. The van der Waals surface area contributed by atoms with Crippen molar-refractivity contribution in [1.82, 2.24) is 4.98 Å². The second kappa shape index (κ2) is 10.1. The van der Waals surface area contributed by atoms with Gasteiger partial charge in [-0.1, -0.05) is 54.6 Å². The van der Waals surface area contributed by atoms with Gasteiger partial charge in [-0.2, -0.15) is 0 Å². The highest BCUT2D eigenvalue weighted by atomic mass is 32.1. The summed E-state index contributed by atoms with van der Waals surface area (Å²) in [6, 6.07) is 23.2. The van der Waals surface area contributed by atoms with Crippen LogP contribution < -0.4 is 9.47 Å². The predicted molar refractivity (Wildman–Crippen MR) is 125 cm³/mol. The van der Waals surface area contributed by atoms with E-state index in [9.17, 15) is 4.79 Å². The lowest BCUT2D eigenvalue weighted by Crippen LogP contribution is -2.10. The Morgan fingerprint density at radius 2 is 1.62 bits per heavy atom. The molecule has 0 fully saturated rings. The second-order valence-corrected chi connectivity index (χ2v) is 8.02. The van der Waals surface area contributed by atoms with E-state index in [4.69, 9.17) is 14.2 Å². The van der Waals surface area contributed by atoms with E-state index in [2.05, 4.69) is 4.98 Å². The van der Waals surface area contributed by atoms with Crippen molar-refractivity contribution in [3.63, 3.8) is 0 Å². The first-order valence-corrected chi connectivity index (χ1v) is 11.0. The standard InChI is InChI=1S/C26H23NO4S/c1-18-8-6-11-20(24(18)26(28)29-2)15-30-22-12-7-13-23(14-22)31-16-21-17-32-25(27-21)19-9-4-3-5-10-19/h3-14,17H,15-16H2,1-2H3. The lowest BCUT2D eigenvalue weighted by atomic mass is 10.0. The van der Waals surface area contributed by atoms with E-state index >= 15 is 0 Å². The summed E-state index contributed by atoms with van der Waals surface area (Å²) in [6.45, 7) is 2.51. The molecule has 0 aliphatic carbocycles. The van der Waals surface area contributed by atoms with E-state index in [0.29, 0.717) is 23.7 Å². The van der Waals surface area contributed by atoms with Gasteiger partial charge in [0.2, 0.25) is 0 Å². The van der Waals surface area contributed by atoms with Gasteiger partial charge in [0.05, 0.1) is 18.4 Å². The highest BCUT2D eigenvalue weighted by Gasteiger charge is 2.15. The largest absolute Gasteiger partial charge is 0.489 e. The topological polar surface area (TPSA) is 57.7 Å². The Labute approximate surface area is 191 Å². The Morgan fingerprint density at radius 1 is 0.906 bits per heavy atom. The molecule has 0 N–H and O–H groups in total. The fraction of sp³-hybridized carbons (Fsp3) is 0.154. The molecule has 0 aliphatic heterocycles. The Bertz CT molecular complexity index is 1200. The summed E-state index contributed by atoms with van der Waals surface area (Å²) in [5, 5.41) is 2.98. The molecule has 0 aliphatic rings. The zero-order valence-electron chi connectivity index (χ0n) is 17.9. The van der Waals surface area contributed by atoms with E-state index in [1.807, 2.05) is 85.1 Å². The number of carbonyl (C=O) groups excluding carboxylic acids is 1. The fourth-order valence-corrected chi connectivity index (χ4v) is 4.11. The maximum atomic E-state index is 12.1. The van der Waals surface area contributed by atoms with E-state index in [1.165, 1.54) is 7.11 Å². The van der Waals surface area contributed by atoms with Crippen LogP contribution in [0.2, 0.25) is 0 Å². The van der Waals surface area contributed by atoms with Gasteiger partial charge in [-0.05, 0) is 24.6 Å². The van der Waals surface area contributed by atoms with Crippen LogP contribution >= 0.6 is 11.3 Å². The number of benzene rings is 3. The molecule has 3 aromatic carbocycles. The maximum Gasteiger partial charge on any atom is 0.338 e. The summed E-state index contributed by atoms with van der Waals surface area (Å²) in [5.74, 6) is 0.981. The zero-order valence-corrected chi connectivity index (χ0v) is 18.7. The molecule has 0 saturated heterocycles. The molecule has 1 heterocycles. The Balaban J connectivity index is 1.39. The molecule has 0 bridgehead atoms. The molecule has 0 spiro atoms. The van der Waals surface area contributed by atoms with E-state index in [1.54, 1.807) is 11.3 Å². The summed E-state index contributed by atoms with van der Waals surface area (Å²) in [5.41, 5.74) is 4.15. The maximum absolute atomic E-state index is 12.1. The molecule has 5 nitrogen and oxygen atoms in total. The van der Waals surface area contributed by atoms with Crippen LogP contribution in [0.25, 0.3) is 10.6 Å². The molecule has 4 rings (SSSR count). The summed E-state index contributed by atoms with van der Waals surface area (Å²) >= 11 is 1.60. The minimum Gasteiger partial charge on any atom is -0.489 e. The number of thiazole rings is 1. The van der Waals surface area contributed by atoms with Gasteiger partial charge in [-0.25, -0.2) is 9.78 Å². The number of aryl methyl sites for hydroxylation is 1. The van der Waals surface area contributed by atoms with Crippen LogP contribution in [0.3, 0.4) is 0 Å². The smallest absolute Gasteiger partial charge is 0.338 e. The predicted octanol–water partition coefficient (Wildman–Crippen LogP) is 6.06. The summed E-state index contributed by atoms with van der Waals surface area (Å²) in [7, 11) is 1.38. The fourth-order valence-electron chi connectivity index (χ4n) is 3.30. The third-order valence-corrected chi connectivity index (χ3v) is 5.85. The van der Waals surface area contributed by atoms with Crippen molar-refractivity contribution < 1.29 is 19.0 Å². The van der Waals surface area contributed by atoms with Gasteiger partial charge in [0.1, 0.15) is 29.7 Å². The average molecular weight is 446 g/mol. The van der Waals surface area contributed by atoms with Crippen LogP contribution in [-0.4, -0.2) is 18.1 Å². The van der Waals surface area contributed by atoms with E-state index in [-0.39, 0.29) is 12.6 Å². The van der Waals surface area contributed by atoms with Gasteiger partial charge in [0, 0.05) is 22.6 Å². The minimum atomic E-state index is -0.364. The number of ether oxygens (including phenoxy) is 3. The van der Waals surface area contributed by atoms with Crippen molar-refractivity contribution in [3.05, 3.63) is 101 Å². The molecule has 0 unspecified atom stereocenters. The SMILES string of the molecule is COC(=O)c1c(C)cccc1COc1cccc(OCc2csc(-c3ccccc3)n2)c1. The van der Waals surface area contributed by atoms with Crippen molar-refractivity contribution in [2.24, 2.45) is 0 Å². The molecule has 1 aromatic heterocycles. The number of esters is 1. The number of hydrogen-bond acceptors (Lipinski definition) is 6. The molecular weight excluding hydrogens is 422 g/mol. The molecule has 32 heavy (non-hydrogen) atoms. The van der Waals surface area contributed by atoms with Gasteiger partial charge in [0.15, 0.2) is 0 Å². The Hall–Kier alpha value is -3.64. The van der Waals surface area contributed by atoms with Gasteiger partial charge < -0.3 is 14.2 Å². The first-order chi connectivity index (χ1) is 15.6. The number of rotatable bonds is 8. The van der Waals surface area contributed by atoms with E-state index in [0.717, 1.165) is 27.4 Å². The molecule has 162 valence electrons. The molecule has 4 aromatic rings. The Morgan fingerprint density at radius 3 is 2.38 bits per heavy atom. The van der Waals surface area contributed by atoms with Crippen molar-refractivity contribution in [2.45, 2.75) is 20.1 Å². The van der Waals surface area contributed by atoms with Gasteiger partial charge >= 0.3 is 5.97 Å². The summed E-state index contributed by atoms with van der Waals surface area (Å²) < 4.78 is 16.8. The third kappa shape index (κ3) is 5.15. The van der Waals surface area contributed by atoms with Gasteiger partial charge in [0.25, 0.3) is 0 Å². The highest BCUT2D eigenvalue weighted by Crippen LogP contribution is 2.26. The summed E-state index contributed by atoms with van der Waals surface area (Å²) in [4.78, 5) is 16.8. The van der Waals surface area contributed by atoms with Gasteiger partial charge in [-0.3, -0.25) is 0 Å². The normalized spacial score (nSPS) is 10.6. The minimum absolute atomic E-state index is 0.252. The number of carbonyl (C=O) groups is 1. The zero-order chi connectivity index (χ0) is 22.3. The highest BCUT2D eigenvalue weighted by molar-refractivity contribution is 7.13.